The molecule has 0 saturated carbocycles. The Bertz CT molecular complexity index is 1140. The van der Waals surface area contributed by atoms with E-state index in [-0.39, 0.29) is 34.8 Å². The second kappa shape index (κ2) is 8.36. The molecule has 3 rings (SSSR count). The minimum atomic E-state index is -1.17. The Hall–Kier alpha value is -3.32. The first-order chi connectivity index (χ1) is 13.8. The van der Waals surface area contributed by atoms with Crippen LogP contribution < -0.4 is 10.9 Å². The number of aromatic hydroxyl groups is 1. The quantitative estimate of drug-likeness (QED) is 0.533. The van der Waals surface area contributed by atoms with Crippen LogP contribution in [0.3, 0.4) is 0 Å². The van der Waals surface area contributed by atoms with Crippen molar-refractivity contribution in [1.82, 2.24) is 5.32 Å². The fourth-order valence-corrected chi connectivity index (χ4v) is 3.22. The number of aryl methyl sites for hydroxylation is 1. The summed E-state index contributed by atoms with van der Waals surface area (Å²) in [6.07, 6.45) is -0.233. The highest BCUT2D eigenvalue weighted by molar-refractivity contribution is 6.32. The lowest BCUT2D eigenvalue weighted by molar-refractivity contribution is -0.141. The summed E-state index contributed by atoms with van der Waals surface area (Å²) in [5.74, 6) is -2.02. The van der Waals surface area contributed by atoms with Crippen molar-refractivity contribution in [2.45, 2.75) is 25.8 Å². The maximum atomic E-state index is 12.5. The topological polar surface area (TPSA) is 117 Å². The first-order valence-corrected chi connectivity index (χ1v) is 9.15. The molecule has 29 heavy (non-hydrogen) atoms. The van der Waals surface area contributed by atoms with Crippen molar-refractivity contribution in [3.63, 3.8) is 0 Å². The zero-order chi connectivity index (χ0) is 21.1. The molecule has 0 bridgehead atoms. The smallest absolute Gasteiger partial charge is 0.340 e. The number of carboxylic acid groups (broad SMARTS) is 1. The number of carboxylic acids is 1. The van der Waals surface area contributed by atoms with E-state index >= 15 is 0 Å². The van der Waals surface area contributed by atoms with Crippen LogP contribution in [0.5, 0.6) is 5.75 Å². The molecule has 3 aromatic rings. The predicted molar refractivity (Wildman–Crippen MR) is 107 cm³/mol. The van der Waals surface area contributed by atoms with Crippen LogP contribution in [-0.2, 0) is 22.4 Å². The number of halogens is 1. The molecule has 2 aromatic carbocycles. The Kier molecular flexibility index (Phi) is 5.89. The second-order valence-corrected chi connectivity index (χ2v) is 7.02. The molecule has 1 atom stereocenters. The van der Waals surface area contributed by atoms with Crippen molar-refractivity contribution in [3.8, 4) is 5.75 Å². The third-order valence-corrected chi connectivity index (χ3v) is 4.91. The van der Waals surface area contributed by atoms with E-state index in [0.717, 1.165) is 5.56 Å². The van der Waals surface area contributed by atoms with Crippen LogP contribution in [0.2, 0.25) is 5.02 Å². The molecule has 0 saturated heterocycles. The largest absolute Gasteiger partial charge is 0.506 e. The molecule has 1 unspecified atom stereocenters. The highest BCUT2D eigenvalue weighted by atomic mass is 35.5. The Morgan fingerprint density at radius 2 is 1.90 bits per heavy atom. The van der Waals surface area contributed by atoms with Gasteiger partial charge in [-0.05, 0) is 24.1 Å². The van der Waals surface area contributed by atoms with Gasteiger partial charge in [-0.2, -0.15) is 0 Å². The third kappa shape index (κ3) is 4.57. The van der Waals surface area contributed by atoms with E-state index in [9.17, 15) is 24.6 Å². The van der Waals surface area contributed by atoms with Gasteiger partial charge in [0.1, 0.15) is 17.4 Å². The molecule has 0 fully saturated rings. The minimum absolute atomic E-state index is 0.0821. The van der Waals surface area contributed by atoms with Crippen molar-refractivity contribution in [2.75, 3.05) is 0 Å². The van der Waals surface area contributed by atoms with Gasteiger partial charge in [-0.15, -0.1) is 0 Å². The zero-order valence-electron chi connectivity index (χ0n) is 15.4. The summed E-state index contributed by atoms with van der Waals surface area (Å²) < 4.78 is 5.19. The van der Waals surface area contributed by atoms with Crippen molar-refractivity contribution < 1.29 is 24.2 Å². The van der Waals surface area contributed by atoms with Gasteiger partial charge < -0.3 is 19.9 Å². The molecule has 0 aliphatic carbocycles. The van der Waals surface area contributed by atoms with Gasteiger partial charge in [-0.25, -0.2) is 9.59 Å². The summed E-state index contributed by atoms with van der Waals surface area (Å²) >= 11 is 5.92. The van der Waals surface area contributed by atoms with Crippen LogP contribution in [0, 0.1) is 6.92 Å². The summed E-state index contributed by atoms with van der Waals surface area (Å²) in [5, 5.41) is 22.1. The fourth-order valence-electron chi connectivity index (χ4n) is 3.06. The van der Waals surface area contributed by atoms with Gasteiger partial charge in [0.15, 0.2) is 0 Å². The SMILES string of the molecule is Cc1c(CC(=O)NC(Cc2ccccc2)C(=O)O)c(=O)oc2cc(O)c(Cl)cc12. The number of phenolic OH excluding ortho intramolecular Hbond substituents is 1. The maximum absolute atomic E-state index is 12.5. The van der Waals surface area contributed by atoms with Crippen LogP contribution >= 0.6 is 11.6 Å². The Labute approximate surface area is 170 Å². The number of aliphatic carboxylic acids is 1. The number of hydrogen-bond donors (Lipinski definition) is 3. The Morgan fingerprint density at radius 3 is 2.55 bits per heavy atom. The Balaban J connectivity index is 1.84. The van der Waals surface area contributed by atoms with E-state index in [1.165, 1.54) is 12.1 Å². The lowest BCUT2D eigenvalue weighted by Crippen LogP contribution is -2.43. The lowest BCUT2D eigenvalue weighted by Gasteiger charge is -2.15. The average Bonchev–Trinajstić information content (AvgIpc) is 2.67. The molecule has 0 radical (unpaired) electrons. The molecule has 1 heterocycles. The van der Waals surface area contributed by atoms with Gasteiger partial charge in [-0.3, -0.25) is 4.79 Å². The molecule has 8 heteroatoms. The van der Waals surface area contributed by atoms with Gasteiger partial charge in [0.05, 0.1) is 17.0 Å². The number of rotatable bonds is 6. The van der Waals surface area contributed by atoms with Crippen LogP contribution in [0.1, 0.15) is 16.7 Å². The summed E-state index contributed by atoms with van der Waals surface area (Å²) in [6, 6.07) is 10.4. The zero-order valence-corrected chi connectivity index (χ0v) is 16.2. The van der Waals surface area contributed by atoms with Crippen LogP contribution in [0.25, 0.3) is 11.0 Å². The number of fused-ring (bicyclic) bond motifs is 1. The van der Waals surface area contributed by atoms with Gasteiger partial charge in [0, 0.05) is 17.9 Å². The molecule has 1 aromatic heterocycles. The number of carbonyl (C=O) groups excluding carboxylic acids is 1. The monoisotopic (exact) mass is 415 g/mol. The summed E-state index contributed by atoms with van der Waals surface area (Å²) in [7, 11) is 0. The molecule has 0 aliphatic rings. The van der Waals surface area contributed by atoms with Gasteiger partial charge >= 0.3 is 11.6 Å². The van der Waals surface area contributed by atoms with Crippen molar-refractivity contribution in [3.05, 3.63) is 74.6 Å². The highest BCUT2D eigenvalue weighted by Crippen LogP contribution is 2.30. The first-order valence-electron chi connectivity index (χ1n) is 8.77. The average molecular weight is 416 g/mol. The molecule has 0 spiro atoms. The number of nitrogens with one attached hydrogen (secondary N) is 1. The molecular formula is C21H18ClNO6. The molecule has 150 valence electrons. The standard InChI is InChI=1S/C21H18ClNO6/c1-11-13-8-15(22)17(24)10-18(13)29-21(28)14(11)9-19(25)23-16(20(26)27)7-12-5-3-2-4-6-12/h2-6,8,10,16,24H,7,9H2,1H3,(H,23,25)(H,26,27). The summed E-state index contributed by atoms with van der Waals surface area (Å²) in [4.78, 5) is 36.3. The minimum Gasteiger partial charge on any atom is -0.506 e. The first kappa shape index (κ1) is 20.4. The molecule has 3 N–H and O–H groups in total. The number of hydrogen-bond acceptors (Lipinski definition) is 5. The van der Waals surface area contributed by atoms with E-state index in [2.05, 4.69) is 5.32 Å². The highest BCUT2D eigenvalue weighted by Gasteiger charge is 2.22. The summed E-state index contributed by atoms with van der Waals surface area (Å²) in [6.45, 7) is 1.63. The number of amides is 1. The fraction of sp³-hybridized carbons (Fsp3) is 0.190. The molecule has 0 aliphatic heterocycles. The van der Waals surface area contributed by atoms with Crippen molar-refractivity contribution in [1.29, 1.82) is 0 Å². The van der Waals surface area contributed by atoms with E-state index in [4.69, 9.17) is 16.0 Å². The van der Waals surface area contributed by atoms with Crippen LogP contribution in [0.4, 0.5) is 0 Å². The summed E-state index contributed by atoms with van der Waals surface area (Å²) in [5.41, 5.74) is 0.743. The number of benzene rings is 2. The molecule has 7 nitrogen and oxygen atoms in total. The van der Waals surface area contributed by atoms with Crippen molar-refractivity contribution in [2.24, 2.45) is 0 Å². The maximum Gasteiger partial charge on any atom is 0.340 e. The normalized spacial score (nSPS) is 11.9. The Morgan fingerprint density at radius 1 is 1.21 bits per heavy atom. The third-order valence-electron chi connectivity index (χ3n) is 4.61. The van der Waals surface area contributed by atoms with E-state index in [0.29, 0.717) is 10.9 Å². The molecular weight excluding hydrogens is 398 g/mol. The van der Waals surface area contributed by atoms with E-state index in [1.807, 2.05) is 6.07 Å². The van der Waals surface area contributed by atoms with Crippen LogP contribution in [0.15, 0.2) is 51.7 Å². The second-order valence-electron chi connectivity index (χ2n) is 6.62. The van der Waals surface area contributed by atoms with Crippen LogP contribution in [-0.4, -0.2) is 28.1 Å². The molecule has 1 amide bonds. The van der Waals surface area contributed by atoms with Gasteiger partial charge in [-0.1, -0.05) is 41.9 Å². The number of carbonyl (C=O) groups is 2. The lowest BCUT2D eigenvalue weighted by atomic mass is 10.0. The van der Waals surface area contributed by atoms with E-state index < -0.39 is 23.5 Å². The van der Waals surface area contributed by atoms with Crippen molar-refractivity contribution >= 4 is 34.4 Å². The van der Waals surface area contributed by atoms with E-state index in [1.54, 1.807) is 31.2 Å². The number of phenols is 1. The van der Waals surface area contributed by atoms with Gasteiger partial charge in [0.2, 0.25) is 5.91 Å². The van der Waals surface area contributed by atoms with Gasteiger partial charge in [0.25, 0.3) is 0 Å². The predicted octanol–water partition coefficient (Wildman–Crippen LogP) is 2.82.